The third-order valence-corrected chi connectivity index (χ3v) is 5.77. The molecule has 1 aliphatic carbocycles. The lowest BCUT2D eigenvalue weighted by Crippen LogP contribution is -2.46. The summed E-state index contributed by atoms with van der Waals surface area (Å²) in [5.74, 6) is 0.0147. The smallest absolute Gasteiger partial charge is 0.323 e. The van der Waals surface area contributed by atoms with Crippen LogP contribution >= 0.6 is 23.2 Å². The Bertz CT molecular complexity index is 668. The topological polar surface area (TPSA) is 58.6 Å². The van der Waals surface area contributed by atoms with Crippen molar-refractivity contribution in [3.05, 3.63) is 28.2 Å². The van der Waals surface area contributed by atoms with Gasteiger partial charge in [0.1, 0.15) is 6.04 Å². The zero-order chi connectivity index (χ0) is 18.0. The van der Waals surface area contributed by atoms with Gasteiger partial charge in [0.25, 0.3) is 0 Å². The van der Waals surface area contributed by atoms with E-state index in [2.05, 4.69) is 5.32 Å². The number of hydrogen-bond donors (Lipinski definition) is 1. The number of rotatable bonds is 4. The second kappa shape index (κ2) is 7.94. The van der Waals surface area contributed by atoms with Crippen LogP contribution in [-0.2, 0) is 14.3 Å². The Labute approximate surface area is 157 Å². The molecule has 25 heavy (non-hydrogen) atoms. The number of carbonyl (C=O) groups excluding carboxylic acids is 2. The normalized spacial score (nSPS) is 26.1. The molecule has 2 fully saturated rings. The molecule has 0 aromatic heterocycles. The molecule has 3 atom stereocenters. The first-order valence-corrected chi connectivity index (χ1v) is 9.33. The summed E-state index contributed by atoms with van der Waals surface area (Å²) in [4.78, 5) is 26.7. The number of ether oxygens (including phenoxy) is 1. The van der Waals surface area contributed by atoms with Gasteiger partial charge in [-0.25, -0.2) is 0 Å². The number of nitrogens with zero attached hydrogens (tertiary/aromatic N) is 1. The van der Waals surface area contributed by atoms with Gasteiger partial charge < -0.3 is 10.1 Å². The second-order valence-electron chi connectivity index (χ2n) is 6.73. The average Bonchev–Trinajstić information content (AvgIpc) is 2.95. The number of fused-ring (bicyclic) bond motifs is 1. The fourth-order valence-electron chi connectivity index (χ4n) is 4.09. The molecule has 5 nitrogen and oxygen atoms in total. The summed E-state index contributed by atoms with van der Waals surface area (Å²) in [5, 5.41) is 3.72. The van der Waals surface area contributed by atoms with E-state index in [1.54, 1.807) is 18.2 Å². The molecule has 1 amide bonds. The largest absolute Gasteiger partial charge is 0.468 e. The van der Waals surface area contributed by atoms with Gasteiger partial charge in [0.15, 0.2) is 0 Å². The quantitative estimate of drug-likeness (QED) is 0.803. The number of esters is 1. The maximum Gasteiger partial charge on any atom is 0.323 e. The van der Waals surface area contributed by atoms with Crippen LogP contribution in [0.3, 0.4) is 0 Å². The SMILES string of the molecule is COC(=O)C1CC2CCCCC2N1CC(=O)Nc1ccc(Cl)cc1Cl. The van der Waals surface area contributed by atoms with E-state index in [0.29, 0.717) is 21.7 Å². The highest BCUT2D eigenvalue weighted by molar-refractivity contribution is 6.36. The predicted molar refractivity (Wildman–Crippen MR) is 98.0 cm³/mol. The van der Waals surface area contributed by atoms with Crippen molar-refractivity contribution in [3.63, 3.8) is 0 Å². The van der Waals surface area contributed by atoms with Crippen molar-refractivity contribution in [2.24, 2.45) is 5.92 Å². The van der Waals surface area contributed by atoms with E-state index in [4.69, 9.17) is 27.9 Å². The number of benzene rings is 1. The summed E-state index contributed by atoms with van der Waals surface area (Å²) < 4.78 is 4.95. The Hall–Kier alpha value is -1.30. The van der Waals surface area contributed by atoms with E-state index in [9.17, 15) is 9.59 Å². The number of anilines is 1. The zero-order valence-electron chi connectivity index (χ0n) is 14.1. The fourth-order valence-corrected chi connectivity index (χ4v) is 4.55. The van der Waals surface area contributed by atoms with Crippen molar-refractivity contribution in [2.45, 2.75) is 44.2 Å². The van der Waals surface area contributed by atoms with Gasteiger partial charge in [-0.15, -0.1) is 0 Å². The van der Waals surface area contributed by atoms with Crippen LogP contribution in [0, 0.1) is 5.92 Å². The van der Waals surface area contributed by atoms with E-state index in [0.717, 1.165) is 25.7 Å². The first kappa shape index (κ1) is 18.5. The van der Waals surface area contributed by atoms with E-state index >= 15 is 0 Å². The molecule has 1 heterocycles. The minimum absolute atomic E-state index is 0.153. The molecular formula is C18H22Cl2N2O3. The van der Waals surface area contributed by atoms with Crippen molar-refractivity contribution in [1.29, 1.82) is 0 Å². The maximum absolute atomic E-state index is 12.5. The zero-order valence-corrected chi connectivity index (χ0v) is 15.6. The van der Waals surface area contributed by atoms with Gasteiger partial charge in [-0.3, -0.25) is 14.5 Å². The van der Waals surface area contributed by atoms with Gasteiger partial charge in [-0.2, -0.15) is 0 Å². The number of nitrogens with one attached hydrogen (secondary N) is 1. The summed E-state index contributed by atoms with van der Waals surface area (Å²) >= 11 is 12.0. The van der Waals surface area contributed by atoms with Gasteiger partial charge in [-0.1, -0.05) is 36.0 Å². The van der Waals surface area contributed by atoms with Crippen LogP contribution < -0.4 is 5.32 Å². The van der Waals surface area contributed by atoms with Gasteiger partial charge >= 0.3 is 5.97 Å². The van der Waals surface area contributed by atoms with Gasteiger partial charge in [0, 0.05) is 11.1 Å². The van der Waals surface area contributed by atoms with Gasteiger partial charge in [-0.05, 0) is 43.4 Å². The van der Waals surface area contributed by atoms with Crippen molar-refractivity contribution in [1.82, 2.24) is 4.90 Å². The molecule has 7 heteroatoms. The summed E-state index contributed by atoms with van der Waals surface area (Å²) in [6.45, 7) is 0.153. The minimum atomic E-state index is -0.343. The molecule has 0 bridgehead atoms. The Balaban J connectivity index is 1.71. The van der Waals surface area contributed by atoms with Crippen LogP contribution in [0.5, 0.6) is 0 Å². The highest BCUT2D eigenvalue weighted by atomic mass is 35.5. The lowest BCUT2D eigenvalue weighted by molar-refractivity contribution is -0.146. The van der Waals surface area contributed by atoms with Crippen LogP contribution in [0.2, 0.25) is 10.0 Å². The molecule has 1 aliphatic heterocycles. The van der Waals surface area contributed by atoms with Crippen LogP contribution in [0.25, 0.3) is 0 Å². The van der Waals surface area contributed by atoms with Crippen LogP contribution in [0.15, 0.2) is 18.2 Å². The van der Waals surface area contributed by atoms with Crippen molar-refractivity contribution < 1.29 is 14.3 Å². The lowest BCUT2D eigenvalue weighted by atomic mass is 9.85. The Morgan fingerprint density at radius 1 is 1.28 bits per heavy atom. The number of amides is 1. The first-order valence-electron chi connectivity index (χ1n) is 8.58. The number of halogens is 2. The van der Waals surface area contributed by atoms with E-state index < -0.39 is 0 Å². The summed E-state index contributed by atoms with van der Waals surface area (Å²) in [6, 6.07) is 4.86. The van der Waals surface area contributed by atoms with E-state index in [1.165, 1.54) is 13.5 Å². The van der Waals surface area contributed by atoms with Crippen molar-refractivity contribution >= 4 is 40.8 Å². The van der Waals surface area contributed by atoms with E-state index in [1.807, 2.05) is 4.90 Å². The van der Waals surface area contributed by atoms with Gasteiger partial charge in [0.2, 0.25) is 5.91 Å². The standard InChI is InChI=1S/C18H22Cl2N2O3/c1-25-18(24)16-8-11-4-2-3-5-15(11)22(16)10-17(23)21-14-7-6-12(19)9-13(14)20/h6-7,9,11,15-16H,2-5,8,10H2,1H3,(H,21,23). The van der Waals surface area contributed by atoms with Crippen molar-refractivity contribution in [2.75, 3.05) is 19.0 Å². The van der Waals surface area contributed by atoms with Crippen LogP contribution in [0.4, 0.5) is 5.69 Å². The summed E-state index contributed by atoms with van der Waals surface area (Å²) in [5.41, 5.74) is 0.519. The molecule has 3 unspecified atom stereocenters. The molecule has 1 N–H and O–H groups in total. The second-order valence-corrected chi connectivity index (χ2v) is 7.57. The first-order chi connectivity index (χ1) is 12.0. The highest BCUT2D eigenvalue weighted by Gasteiger charge is 2.46. The molecule has 0 radical (unpaired) electrons. The Morgan fingerprint density at radius 2 is 2.04 bits per heavy atom. The minimum Gasteiger partial charge on any atom is -0.468 e. The molecule has 1 saturated carbocycles. The molecule has 3 rings (SSSR count). The Kier molecular flexibility index (Phi) is 5.87. The Morgan fingerprint density at radius 3 is 2.76 bits per heavy atom. The fraction of sp³-hybridized carbons (Fsp3) is 0.556. The highest BCUT2D eigenvalue weighted by Crippen LogP contribution is 2.40. The summed E-state index contributed by atoms with van der Waals surface area (Å²) in [6.07, 6.45) is 5.23. The average molecular weight is 385 g/mol. The predicted octanol–water partition coefficient (Wildman–Crippen LogP) is 3.74. The molecule has 1 saturated heterocycles. The maximum atomic E-state index is 12.5. The molecule has 1 aromatic rings. The number of likely N-dealkylation sites (tertiary alicyclic amines) is 1. The summed E-state index contributed by atoms with van der Waals surface area (Å²) in [7, 11) is 1.40. The third-order valence-electron chi connectivity index (χ3n) is 5.23. The van der Waals surface area contributed by atoms with Crippen molar-refractivity contribution in [3.8, 4) is 0 Å². The molecule has 2 aliphatic rings. The molecule has 1 aromatic carbocycles. The monoisotopic (exact) mass is 384 g/mol. The molecule has 0 spiro atoms. The lowest BCUT2D eigenvalue weighted by Gasteiger charge is -2.32. The number of methoxy groups -OCH3 is 1. The van der Waals surface area contributed by atoms with Crippen LogP contribution in [0.1, 0.15) is 32.1 Å². The number of hydrogen-bond acceptors (Lipinski definition) is 4. The van der Waals surface area contributed by atoms with Crippen LogP contribution in [-0.4, -0.2) is 42.5 Å². The number of carbonyl (C=O) groups is 2. The van der Waals surface area contributed by atoms with Gasteiger partial charge in [0.05, 0.1) is 24.4 Å². The third kappa shape index (κ3) is 4.10. The molecular weight excluding hydrogens is 363 g/mol. The van der Waals surface area contributed by atoms with E-state index in [-0.39, 0.29) is 30.5 Å². The molecule has 136 valence electrons.